The summed E-state index contributed by atoms with van der Waals surface area (Å²) >= 11 is 0. The monoisotopic (exact) mass is 164 g/mol. The Hall–Kier alpha value is -0.630. The number of hydrogen-bond acceptors (Lipinski definition) is 2. The highest BCUT2D eigenvalue weighted by molar-refractivity contribution is 5.90. The minimum absolute atomic E-state index is 0.774. The molecule has 2 heterocycles. The van der Waals surface area contributed by atoms with E-state index in [1.54, 1.807) is 0 Å². The smallest absolute Gasteiger partial charge is 0.0249 e. The predicted molar refractivity (Wildman–Crippen MR) is 51.4 cm³/mol. The van der Waals surface area contributed by atoms with Crippen LogP contribution in [0.15, 0.2) is 17.3 Å². The molecule has 2 nitrogen and oxygen atoms in total. The van der Waals surface area contributed by atoms with Gasteiger partial charge in [0.2, 0.25) is 0 Å². The van der Waals surface area contributed by atoms with Gasteiger partial charge in [-0.2, -0.15) is 0 Å². The standard InChI is InChI=1S/C10H16N2/c1-12-7-4-9(5-8-12)10-3-2-6-11-10/h2,6,9H,3-5,7-8H2,1H3. The molecule has 0 aromatic heterocycles. The predicted octanol–water partition coefficient (Wildman–Crippen LogP) is 1.69. The second-order valence-corrected chi connectivity index (χ2v) is 3.79. The van der Waals surface area contributed by atoms with Gasteiger partial charge in [0.1, 0.15) is 0 Å². The molecule has 0 aromatic carbocycles. The number of nitrogens with zero attached hydrogens (tertiary/aromatic N) is 2. The van der Waals surface area contributed by atoms with Gasteiger partial charge < -0.3 is 4.90 Å². The fourth-order valence-corrected chi connectivity index (χ4v) is 1.99. The summed E-state index contributed by atoms with van der Waals surface area (Å²) < 4.78 is 0. The van der Waals surface area contributed by atoms with Gasteiger partial charge in [0.15, 0.2) is 0 Å². The fraction of sp³-hybridized carbons (Fsp3) is 0.700. The third-order valence-electron chi connectivity index (χ3n) is 2.86. The lowest BCUT2D eigenvalue weighted by Gasteiger charge is -2.28. The summed E-state index contributed by atoms with van der Waals surface area (Å²) in [6.07, 6.45) is 7.82. The Morgan fingerprint density at radius 3 is 2.75 bits per heavy atom. The third-order valence-corrected chi connectivity index (χ3v) is 2.86. The van der Waals surface area contributed by atoms with Crippen LogP contribution in [0, 0.1) is 5.92 Å². The average Bonchev–Trinajstić information content (AvgIpc) is 2.58. The molecule has 0 spiro atoms. The minimum atomic E-state index is 0.774. The van der Waals surface area contributed by atoms with Gasteiger partial charge in [-0.1, -0.05) is 6.08 Å². The van der Waals surface area contributed by atoms with Crippen molar-refractivity contribution in [2.24, 2.45) is 10.9 Å². The van der Waals surface area contributed by atoms with Gasteiger partial charge in [-0.25, -0.2) is 0 Å². The minimum Gasteiger partial charge on any atom is -0.306 e. The first kappa shape index (κ1) is 7.99. The van der Waals surface area contributed by atoms with Crippen LogP contribution in [0.5, 0.6) is 0 Å². The summed E-state index contributed by atoms with van der Waals surface area (Å²) in [5, 5.41) is 0. The average molecular weight is 164 g/mol. The van der Waals surface area contributed by atoms with Crippen LogP contribution in [0.3, 0.4) is 0 Å². The Labute approximate surface area is 74.0 Å². The maximum atomic E-state index is 4.40. The second kappa shape index (κ2) is 3.40. The Kier molecular flexibility index (Phi) is 2.26. The van der Waals surface area contributed by atoms with Crippen LogP contribution in [0.2, 0.25) is 0 Å². The van der Waals surface area contributed by atoms with Crippen molar-refractivity contribution in [2.45, 2.75) is 19.3 Å². The van der Waals surface area contributed by atoms with Crippen molar-refractivity contribution in [1.82, 2.24) is 4.90 Å². The molecular weight excluding hydrogens is 148 g/mol. The summed E-state index contributed by atoms with van der Waals surface area (Å²) in [5.74, 6) is 0.774. The first-order valence-electron chi connectivity index (χ1n) is 4.76. The van der Waals surface area contributed by atoms with Crippen LogP contribution in [0.1, 0.15) is 19.3 Å². The maximum absolute atomic E-state index is 4.40. The first-order chi connectivity index (χ1) is 5.86. The molecule has 1 fully saturated rings. The lowest BCUT2D eigenvalue weighted by atomic mass is 9.91. The van der Waals surface area contributed by atoms with E-state index >= 15 is 0 Å². The first-order valence-corrected chi connectivity index (χ1v) is 4.76. The number of rotatable bonds is 1. The van der Waals surface area contributed by atoms with Gasteiger partial charge in [-0.05, 0) is 38.9 Å². The second-order valence-electron chi connectivity index (χ2n) is 3.79. The van der Waals surface area contributed by atoms with Crippen LogP contribution < -0.4 is 0 Å². The number of piperidine rings is 1. The number of hydrogen-bond donors (Lipinski definition) is 0. The normalized spacial score (nSPS) is 26.2. The van der Waals surface area contributed by atoms with Crippen molar-refractivity contribution in [3.63, 3.8) is 0 Å². The summed E-state index contributed by atoms with van der Waals surface area (Å²) in [6, 6.07) is 0. The van der Waals surface area contributed by atoms with E-state index in [2.05, 4.69) is 23.0 Å². The molecule has 0 radical (unpaired) electrons. The number of aliphatic imine (C=N–C) groups is 1. The summed E-state index contributed by atoms with van der Waals surface area (Å²) in [6.45, 7) is 2.48. The molecule has 12 heavy (non-hydrogen) atoms. The fourth-order valence-electron chi connectivity index (χ4n) is 1.99. The molecule has 0 saturated carbocycles. The Morgan fingerprint density at radius 2 is 2.17 bits per heavy atom. The molecule has 0 unspecified atom stereocenters. The van der Waals surface area contributed by atoms with Gasteiger partial charge in [-0.3, -0.25) is 4.99 Å². The van der Waals surface area contributed by atoms with Crippen molar-refractivity contribution in [1.29, 1.82) is 0 Å². The van der Waals surface area contributed by atoms with Gasteiger partial charge in [0, 0.05) is 18.3 Å². The lowest BCUT2D eigenvalue weighted by molar-refractivity contribution is 0.251. The van der Waals surface area contributed by atoms with Crippen molar-refractivity contribution < 1.29 is 0 Å². The van der Waals surface area contributed by atoms with E-state index in [-0.39, 0.29) is 0 Å². The van der Waals surface area contributed by atoms with Crippen molar-refractivity contribution in [3.8, 4) is 0 Å². The van der Waals surface area contributed by atoms with E-state index < -0.39 is 0 Å². The summed E-state index contributed by atoms with van der Waals surface area (Å²) in [7, 11) is 2.20. The van der Waals surface area contributed by atoms with E-state index in [9.17, 15) is 0 Å². The van der Waals surface area contributed by atoms with Crippen molar-refractivity contribution in [3.05, 3.63) is 12.3 Å². The molecule has 0 aromatic rings. The van der Waals surface area contributed by atoms with Crippen LogP contribution in [0.25, 0.3) is 0 Å². The zero-order valence-electron chi connectivity index (χ0n) is 7.66. The van der Waals surface area contributed by atoms with Crippen LogP contribution in [-0.2, 0) is 0 Å². The number of likely N-dealkylation sites (tertiary alicyclic amines) is 1. The highest BCUT2D eigenvalue weighted by Gasteiger charge is 2.21. The van der Waals surface area contributed by atoms with Gasteiger partial charge in [0.25, 0.3) is 0 Å². The zero-order valence-corrected chi connectivity index (χ0v) is 7.66. The van der Waals surface area contributed by atoms with Crippen molar-refractivity contribution in [2.75, 3.05) is 20.1 Å². The molecule has 0 atom stereocenters. The van der Waals surface area contributed by atoms with E-state index in [4.69, 9.17) is 0 Å². The van der Waals surface area contributed by atoms with E-state index in [0.717, 1.165) is 12.3 Å². The topological polar surface area (TPSA) is 15.6 Å². The lowest BCUT2D eigenvalue weighted by Crippen LogP contribution is -2.33. The quantitative estimate of drug-likeness (QED) is 0.576. The van der Waals surface area contributed by atoms with Crippen LogP contribution in [0.4, 0.5) is 0 Å². The SMILES string of the molecule is CN1CCC(C2=NC=CC2)CC1. The van der Waals surface area contributed by atoms with Crippen molar-refractivity contribution >= 4 is 5.71 Å². The molecule has 1 saturated heterocycles. The molecule has 2 heteroatoms. The molecule has 0 N–H and O–H groups in total. The maximum Gasteiger partial charge on any atom is 0.0249 e. The molecule has 0 aliphatic carbocycles. The molecule has 66 valence electrons. The Morgan fingerprint density at radius 1 is 1.42 bits per heavy atom. The Balaban J connectivity index is 1.90. The zero-order chi connectivity index (χ0) is 8.39. The van der Waals surface area contributed by atoms with E-state index in [1.165, 1.54) is 31.6 Å². The van der Waals surface area contributed by atoms with Crippen LogP contribution in [-0.4, -0.2) is 30.7 Å². The largest absolute Gasteiger partial charge is 0.306 e. The third kappa shape index (κ3) is 1.58. The molecule has 0 bridgehead atoms. The Bertz CT molecular complexity index is 210. The van der Waals surface area contributed by atoms with E-state index in [1.807, 2.05) is 6.20 Å². The number of allylic oxidation sites excluding steroid dienone is 1. The molecule has 2 rings (SSSR count). The highest BCUT2D eigenvalue weighted by atomic mass is 15.1. The highest BCUT2D eigenvalue weighted by Crippen LogP contribution is 2.21. The molecule has 2 aliphatic rings. The van der Waals surface area contributed by atoms with Gasteiger partial charge in [0.05, 0.1) is 0 Å². The van der Waals surface area contributed by atoms with Gasteiger partial charge >= 0.3 is 0 Å². The summed E-state index contributed by atoms with van der Waals surface area (Å²) in [4.78, 5) is 6.80. The summed E-state index contributed by atoms with van der Waals surface area (Å²) in [5.41, 5.74) is 1.42. The van der Waals surface area contributed by atoms with Crippen LogP contribution >= 0.6 is 0 Å². The van der Waals surface area contributed by atoms with E-state index in [0.29, 0.717) is 0 Å². The molecule has 2 aliphatic heterocycles. The van der Waals surface area contributed by atoms with Gasteiger partial charge in [-0.15, -0.1) is 0 Å². The molecular formula is C10H16N2. The molecule has 0 amide bonds.